The average Bonchev–Trinajstić information content (AvgIpc) is 2.46. The molecule has 20 heavy (non-hydrogen) atoms. The first kappa shape index (κ1) is 17.8. The van der Waals surface area contributed by atoms with Crippen LogP contribution in [0, 0.1) is 5.92 Å². The number of likely N-dealkylation sites (N-methyl/N-ethyl adjacent to an activating group) is 1. The highest BCUT2D eigenvalue weighted by Crippen LogP contribution is 2.25. The Hall–Kier alpha value is -0.240. The molecule has 1 aromatic rings. The van der Waals surface area contributed by atoms with Crippen molar-refractivity contribution < 1.29 is 0 Å². The van der Waals surface area contributed by atoms with Gasteiger partial charge in [-0.2, -0.15) is 0 Å². The third kappa shape index (κ3) is 6.03. The van der Waals surface area contributed by atoms with E-state index in [1.165, 1.54) is 37.7 Å². The third-order valence-corrected chi connectivity index (χ3v) is 4.77. The molecule has 0 aliphatic carbocycles. The second-order valence-electron chi connectivity index (χ2n) is 5.59. The quantitative estimate of drug-likeness (QED) is 0.613. The molecule has 2 unspecified atom stereocenters. The van der Waals surface area contributed by atoms with Crippen molar-refractivity contribution in [1.82, 2.24) is 5.32 Å². The fourth-order valence-corrected chi connectivity index (χ4v) is 2.96. The summed E-state index contributed by atoms with van der Waals surface area (Å²) in [6.45, 7) is 4.56. The normalized spacial score (nSPS) is 14.2. The van der Waals surface area contributed by atoms with E-state index in [1.54, 1.807) is 0 Å². The molecule has 0 fully saturated rings. The van der Waals surface area contributed by atoms with Gasteiger partial charge < -0.3 is 5.32 Å². The van der Waals surface area contributed by atoms with Gasteiger partial charge in [0.15, 0.2) is 0 Å². The molecule has 0 spiro atoms. The minimum atomic E-state index is 0.508. The van der Waals surface area contributed by atoms with E-state index in [0.29, 0.717) is 16.1 Å². The molecule has 1 rings (SSSR count). The van der Waals surface area contributed by atoms with Crippen LogP contribution in [-0.4, -0.2) is 13.1 Å². The lowest BCUT2D eigenvalue weighted by Gasteiger charge is -2.22. The van der Waals surface area contributed by atoms with Gasteiger partial charge in [-0.3, -0.25) is 0 Å². The number of hydrogen-bond acceptors (Lipinski definition) is 1. The molecule has 1 N–H and O–H groups in total. The zero-order valence-corrected chi connectivity index (χ0v) is 14.4. The van der Waals surface area contributed by atoms with Gasteiger partial charge >= 0.3 is 0 Å². The SMILES string of the molecule is CCCCC(CC)CC(Cc1ccc(Cl)c(Cl)c1)NC. The topological polar surface area (TPSA) is 12.0 Å². The monoisotopic (exact) mass is 315 g/mol. The first-order chi connectivity index (χ1) is 9.60. The number of unbranched alkanes of at least 4 members (excludes halogenated alkanes) is 1. The van der Waals surface area contributed by atoms with Crippen LogP contribution in [0.3, 0.4) is 0 Å². The summed E-state index contributed by atoms with van der Waals surface area (Å²) in [6.07, 6.45) is 7.46. The fraction of sp³-hybridized carbons (Fsp3) is 0.647. The summed E-state index contributed by atoms with van der Waals surface area (Å²) in [7, 11) is 2.05. The molecule has 0 saturated heterocycles. The van der Waals surface area contributed by atoms with Gasteiger partial charge in [-0.25, -0.2) is 0 Å². The van der Waals surface area contributed by atoms with Gasteiger partial charge in [-0.1, -0.05) is 68.8 Å². The lowest BCUT2D eigenvalue weighted by atomic mass is 9.89. The number of benzene rings is 1. The van der Waals surface area contributed by atoms with E-state index in [0.717, 1.165) is 12.3 Å². The second kappa shape index (κ2) is 9.65. The predicted octanol–water partition coefficient (Wildman–Crippen LogP) is 5.73. The lowest BCUT2D eigenvalue weighted by Crippen LogP contribution is -2.30. The van der Waals surface area contributed by atoms with E-state index in [-0.39, 0.29) is 0 Å². The highest BCUT2D eigenvalue weighted by atomic mass is 35.5. The second-order valence-corrected chi connectivity index (χ2v) is 6.40. The number of hydrogen-bond donors (Lipinski definition) is 1. The van der Waals surface area contributed by atoms with Crippen LogP contribution in [0.1, 0.15) is 51.5 Å². The molecule has 2 atom stereocenters. The number of nitrogens with one attached hydrogen (secondary N) is 1. The van der Waals surface area contributed by atoms with Crippen molar-refractivity contribution in [3.8, 4) is 0 Å². The first-order valence-electron chi connectivity index (χ1n) is 7.71. The van der Waals surface area contributed by atoms with Crippen LogP contribution in [0.5, 0.6) is 0 Å². The van der Waals surface area contributed by atoms with Crippen LogP contribution in [-0.2, 0) is 6.42 Å². The summed E-state index contributed by atoms with van der Waals surface area (Å²) in [5.74, 6) is 0.815. The Balaban J connectivity index is 2.58. The van der Waals surface area contributed by atoms with Crippen molar-refractivity contribution in [2.45, 2.75) is 58.4 Å². The van der Waals surface area contributed by atoms with E-state index in [2.05, 4.69) is 32.3 Å². The maximum atomic E-state index is 6.09. The molecule has 1 nitrogen and oxygen atoms in total. The Morgan fingerprint density at radius 1 is 1.15 bits per heavy atom. The van der Waals surface area contributed by atoms with E-state index in [9.17, 15) is 0 Å². The molecule has 0 aromatic heterocycles. The average molecular weight is 316 g/mol. The third-order valence-electron chi connectivity index (χ3n) is 4.04. The number of rotatable bonds is 9. The number of halogens is 2. The fourth-order valence-electron chi connectivity index (χ4n) is 2.64. The molecule has 1 aromatic carbocycles. The van der Waals surface area contributed by atoms with Crippen LogP contribution in [0.4, 0.5) is 0 Å². The molecule has 0 aliphatic heterocycles. The molecule has 0 amide bonds. The summed E-state index contributed by atoms with van der Waals surface area (Å²) < 4.78 is 0. The van der Waals surface area contributed by atoms with Gasteiger partial charge in [0.1, 0.15) is 0 Å². The molecule has 0 aliphatic rings. The Morgan fingerprint density at radius 3 is 2.45 bits per heavy atom. The van der Waals surface area contributed by atoms with E-state index >= 15 is 0 Å². The summed E-state index contributed by atoms with van der Waals surface area (Å²) in [4.78, 5) is 0. The van der Waals surface area contributed by atoms with Crippen LogP contribution in [0.25, 0.3) is 0 Å². The van der Waals surface area contributed by atoms with Crippen molar-refractivity contribution in [3.05, 3.63) is 33.8 Å². The summed E-state index contributed by atoms with van der Waals surface area (Å²) in [6, 6.07) is 6.46. The van der Waals surface area contributed by atoms with Crippen LogP contribution in [0.2, 0.25) is 10.0 Å². The zero-order valence-electron chi connectivity index (χ0n) is 12.9. The largest absolute Gasteiger partial charge is 0.317 e. The summed E-state index contributed by atoms with van der Waals surface area (Å²) in [5.41, 5.74) is 1.25. The Kier molecular flexibility index (Phi) is 8.60. The molecular weight excluding hydrogens is 289 g/mol. The minimum Gasteiger partial charge on any atom is -0.317 e. The van der Waals surface area contributed by atoms with Crippen LogP contribution >= 0.6 is 23.2 Å². The van der Waals surface area contributed by atoms with Gasteiger partial charge in [0.25, 0.3) is 0 Å². The smallest absolute Gasteiger partial charge is 0.0595 e. The van der Waals surface area contributed by atoms with Gasteiger partial charge in [0.05, 0.1) is 10.0 Å². The molecule has 114 valence electrons. The van der Waals surface area contributed by atoms with E-state index < -0.39 is 0 Å². The first-order valence-corrected chi connectivity index (χ1v) is 8.47. The van der Waals surface area contributed by atoms with E-state index in [4.69, 9.17) is 23.2 Å². The molecule has 3 heteroatoms. The van der Waals surface area contributed by atoms with Gasteiger partial charge in [0.2, 0.25) is 0 Å². The minimum absolute atomic E-state index is 0.508. The van der Waals surface area contributed by atoms with E-state index in [1.807, 2.05) is 12.1 Å². The molecule has 0 radical (unpaired) electrons. The van der Waals surface area contributed by atoms with Crippen molar-refractivity contribution in [3.63, 3.8) is 0 Å². The van der Waals surface area contributed by atoms with Crippen molar-refractivity contribution in [2.24, 2.45) is 5.92 Å². The maximum Gasteiger partial charge on any atom is 0.0595 e. The Bertz CT molecular complexity index is 393. The summed E-state index contributed by atoms with van der Waals surface area (Å²) >= 11 is 12.1. The van der Waals surface area contributed by atoms with Crippen LogP contribution in [0.15, 0.2) is 18.2 Å². The van der Waals surface area contributed by atoms with Gasteiger partial charge in [-0.05, 0) is 43.5 Å². The van der Waals surface area contributed by atoms with Crippen molar-refractivity contribution in [1.29, 1.82) is 0 Å². The van der Waals surface area contributed by atoms with Crippen LogP contribution < -0.4 is 5.32 Å². The molecular formula is C17H27Cl2N. The Morgan fingerprint density at radius 2 is 1.90 bits per heavy atom. The highest BCUT2D eigenvalue weighted by Gasteiger charge is 2.14. The highest BCUT2D eigenvalue weighted by molar-refractivity contribution is 6.42. The van der Waals surface area contributed by atoms with Gasteiger partial charge in [-0.15, -0.1) is 0 Å². The maximum absolute atomic E-state index is 6.09. The van der Waals surface area contributed by atoms with Crippen molar-refractivity contribution >= 4 is 23.2 Å². The summed E-state index contributed by atoms with van der Waals surface area (Å²) in [5, 5.41) is 4.73. The predicted molar refractivity (Wildman–Crippen MR) is 90.9 cm³/mol. The molecule has 0 heterocycles. The Labute approximate surface area is 134 Å². The standard InChI is InChI=1S/C17H27Cl2N/c1-4-6-7-13(5-2)10-15(20-3)11-14-8-9-16(18)17(19)12-14/h8-9,12-13,15,20H,4-7,10-11H2,1-3H3. The lowest BCUT2D eigenvalue weighted by molar-refractivity contribution is 0.358. The van der Waals surface area contributed by atoms with Crippen molar-refractivity contribution in [2.75, 3.05) is 7.05 Å². The molecule has 0 saturated carbocycles. The van der Waals surface area contributed by atoms with Gasteiger partial charge in [0, 0.05) is 6.04 Å². The molecule has 0 bridgehead atoms. The zero-order chi connectivity index (χ0) is 15.0.